The molecule has 1 aromatic heterocycles. The van der Waals surface area contributed by atoms with Crippen LogP contribution in [0.2, 0.25) is 0 Å². The molecule has 0 fully saturated rings. The third-order valence-electron chi connectivity index (χ3n) is 2.97. The molecule has 0 amide bonds. The normalized spacial score (nSPS) is 10.4. The van der Waals surface area contributed by atoms with Crippen LogP contribution in [-0.4, -0.2) is 14.8 Å². The second-order valence-electron chi connectivity index (χ2n) is 4.40. The lowest BCUT2D eigenvalue weighted by Crippen LogP contribution is -2.00. The second-order valence-corrected chi connectivity index (χ2v) is 5.32. The maximum atomic E-state index is 3.82. The largest absolute Gasteiger partial charge is 0.381 e. The van der Waals surface area contributed by atoms with E-state index in [2.05, 4.69) is 49.6 Å². The van der Waals surface area contributed by atoms with Crippen molar-refractivity contribution in [2.45, 2.75) is 6.54 Å². The molecule has 3 aromatic rings. The number of nitrogens with zero attached hydrogens (tertiary/aromatic N) is 3. The second kappa shape index (κ2) is 5.88. The molecule has 2 aromatic carbocycles. The predicted molar refractivity (Wildman–Crippen MR) is 82.8 cm³/mol. The number of halogens is 1. The fourth-order valence-electron chi connectivity index (χ4n) is 1.92. The quantitative estimate of drug-likeness (QED) is 0.795. The summed E-state index contributed by atoms with van der Waals surface area (Å²) in [5, 5.41) is 11.0. The third kappa shape index (κ3) is 3.05. The van der Waals surface area contributed by atoms with Gasteiger partial charge in [-0.25, -0.2) is 0 Å². The van der Waals surface area contributed by atoms with Gasteiger partial charge in [0.05, 0.1) is 5.69 Å². The Labute approximate surface area is 125 Å². The van der Waals surface area contributed by atoms with Crippen LogP contribution in [-0.2, 0) is 6.54 Å². The number of hydrogen-bond donors (Lipinski definition) is 1. The maximum Gasteiger partial charge on any atom is 0.123 e. The van der Waals surface area contributed by atoms with Gasteiger partial charge in [0.15, 0.2) is 0 Å². The van der Waals surface area contributed by atoms with Gasteiger partial charge in [-0.05, 0) is 35.9 Å². The van der Waals surface area contributed by atoms with E-state index in [1.807, 2.05) is 34.9 Å². The first-order valence-electron chi connectivity index (χ1n) is 6.25. The lowest BCUT2D eigenvalue weighted by atomic mass is 10.2. The molecule has 0 aliphatic carbocycles. The smallest absolute Gasteiger partial charge is 0.123 e. The Kier molecular flexibility index (Phi) is 3.78. The summed E-state index contributed by atoms with van der Waals surface area (Å²) in [5.74, 6) is 0. The summed E-state index contributed by atoms with van der Waals surface area (Å²) >= 11 is 3.44. The highest BCUT2D eigenvalue weighted by molar-refractivity contribution is 9.10. The molecule has 4 nitrogen and oxygen atoms in total. The fraction of sp³-hybridized carbons (Fsp3) is 0.0667. The molecule has 100 valence electrons. The van der Waals surface area contributed by atoms with Crippen molar-refractivity contribution < 1.29 is 0 Å². The summed E-state index contributed by atoms with van der Waals surface area (Å²) in [7, 11) is 0. The Balaban J connectivity index is 1.72. The molecule has 0 radical (unpaired) electrons. The average Bonchev–Trinajstić information content (AvgIpc) is 3.01. The molecular formula is C15H13BrN4. The van der Waals surface area contributed by atoms with E-state index in [1.54, 1.807) is 12.7 Å². The molecule has 0 unspecified atom stereocenters. The summed E-state index contributed by atoms with van der Waals surface area (Å²) in [6.45, 7) is 0.791. The van der Waals surface area contributed by atoms with Gasteiger partial charge in [-0.1, -0.05) is 34.1 Å². The Morgan fingerprint density at radius 2 is 1.75 bits per heavy atom. The monoisotopic (exact) mass is 328 g/mol. The van der Waals surface area contributed by atoms with Crippen molar-refractivity contribution in [3.63, 3.8) is 0 Å². The molecular weight excluding hydrogens is 316 g/mol. The third-order valence-corrected chi connectivity index (χ3v) is 3.50. The molecule has 0 aliphatic rings. The van der Waals surface area contributed by atoms with Crippen LogP contribution in [0.4, 0.5) is 5.69 Å². The van der Waals surface area contributed by atoms with E-state index in [1.165, 1.54) is 5.56 Å². The van der Waals surface area contributed by atoms with Gasteiger partial charge in [0.1, 0.15) is 12.7 Å². The molecule has 5 heteroatoms. The predicted octanol–water partition coefficient (Wildman–Crippen LogP) is 3.64. The molecule has 3 rings (SSSR count). The van der Waals surface area contributed by atoms with Crippen molar-refractivity contribution >= 4 is 21.6 Å². The first-order valence-corrected chi connectivity index (χ1v) is 7.04. The van der Waals surface area contributed by atoms with Crippen LogP contribution in [0.3, 0.4) is 0 Å². The van der Waals surface area contributed by atoms with E-state index < -0.39 is 0 Å². The molecule has 0 saturated heterocycles. The Morgan fingerprint density at radius 3 is 2.50 bits per heavy atom. The van der Waals surface area contributed by atoms with Crippen molar-refractivity contribution in [1.29, 1.82) is 0 Å². The summed E-state index contributed by atoms with van der Waals surface area (Å²) in [6, 6.07) is 16.4. The zero-order valence-electron chi connectivity index (χ0n) is 10.7. The van der Waals surface area contributed by atoms with Crippen molar-refractivity contribution in [3.05, 3.63) is 71.2 Å². The maximum absolute atomic E-state index is 3.82. The highest BCUT2D eigenvalue weighted by Crippen LogP contribution is 2.16. The van der Waals surface area contributed by atoms with Crippen LogP contribution in [0.1, 0.15) is 5.56 Å². The average molecular weight is 329 g/mol. The summed E-state index contributed by atoms with van der Waals surface area (Å²) < 4.78 is 2.97. The number of benzene rings is 2. The highest BCUT2D eigenvalue weighted by Gasteiger charge is 1.99. The lowest BCUT2D eigenvalue weighted by Gasteiger charge is -2.09. The first kappa shape index (κ1) is 12.9. The molecule has 20 heavy (non-hydrogen) atoms. The SMILES string of the molecule is Brc1ccc(CNc2cccc(-n3cnnc3)c2)cc1. The van der Waals surface area contributed by atoms with Crippen LogP contribution in [0.15, 0.2) is 65.7 Å². The van der Waals surface area contributed by atoms with Gasteiger partial charge >= 0.3 is 0 Å². The number of nitrogens with one attached hydrogen (secondary N) is 1. The van der Waals surface area contributed by atoms with Crippen LogP contribution >= 0.6 is 15.9 Å². The van der Waals surface area contributed by atoms with Crippen molar-refractivity contribution in [3.8, 4) is 5.69 Å². The van der Waals surface area contributed by atoms with Crippen LogP contribution in [0.5, 0.6) is 0 Å². The first-order chi connectivity index (χ1) is 9.81. The number of aromatic nitrogens is 3. The Morgan fingerprint density at radius 1 is 1.00 bits per heavy atom. The summed E-state index contributed by atoms with van der Waals surface area (Å²) in [4.78, 5) is 0. The molecule has 0 spiro atoms. The number of hydrogen-bond acceptors (Lipinski definition) is 3. The molecule has 1 heterocycles. The minimum atomic E-state index is 0.791. The fourth-order valence-corrected chi connectivity index (χ4v) is 2.18. The molecule has 1 N–H and O–H groups in total. The van der Waals surface area contributed by atoms with E-state index >= 15 is 0 Å². The minimum absolute atomic E-state index is 0.791. The van der Waals surface area contributed by atoms with Crippen LogP contribution in [0, 0.1) is 0 Å². The summed E-state index contributed by atoms with van der Waals surface area (Å²) in [5.41, 5.74) is 3.35. The molecule has 0 aliphatic heterocycles. The van der Waals surface area contributed by atoms with E-state index in [9.17, 15) is 0 Å². The van der Waals surface area contributed by atoms with Gasteiger partial charge in [-0.2, -0.15) is 0 Å². The van der Waals surface area contributed by atoms with Gasteiger partial charge in [-0.15, -0.1) is 10.2 Å². The molecule has 0 atom stereocenters. The molecule has 0 saturated carbocycles. The number of rotatable bonds is 4. The van der Waals surface area contributed by atoms with Crippen LogP contribution < -0.4 is 5.32 Å². The number of anilines is 1. The van der Waals surface area contributed by atoms with E-state index in [-0.39, 0.29) is 0 Å². The Bertz CT molecular complexity index is 677. The topological polar surface area (TPSA) is 42.7 Å². The van der Waals surface area contributed by atoms with Gasteiger partial charge in [0, 0.05) is 16.7 Å². The van der Waals surface area contributed by atoms with Gasteiger partial charge in [0.2, 0.25) is 0 Å². The van der Waals surface area contributed by atoms with Crippen molar-refractivity contribution in [1.82, 2.24) is 14.8 Å². The minimum Gasteiger partial charge on any atom is -0.381 e. The van der Waals surface area contributed by atoms with Crippen molar-refractivity contribution in [2.24, 2.45) is 0 Å². The van der Waals surface area contributed by atoms with Gasteiger partial charge in [-0.3, -0.25) is 4.57 Å². The van der Waals surface area contributed by atoms with Gasteiger partial charge < -0.3 is 5.32 Å². The van der Waals surface area contributed by atoms with E-state index in [0.29, 0.717) is 0 Å². The standard InChI is InChI=1S/C15H13BrN4/c16-13-6-4-12(5-7-13)9-17-14-2-1-3-15(8-14)20-10-18-19-11-20/h1-8,10-11,17H,9H2. The van der Waals surface area contributed by atoms with Crippen molar-refractivity contribution in [2.75, 3.05) is 5.32 Å². The molecule has 0 bridgehead atoms. The van der Waals surface area contributed by atoms with Gasteiger partial charge in [0.25, 0.3) is 0 Å². The van der Waals surface area contributed by atoms with E-state index in [4.69, 9.17) is 0 Å². The zero-order chi connectivity index (χ0) is 13.8. The van der Waals surface area contributed by atoms with E-state index in [0.717, 1.165) is 22.4 Å². The Hall–Kier alpha value is -2.14. The van der Waals surface area contributed by atoms with Crippen LogP contribution in [0.25, 0.3) is 5.69 Å². The zero-order valence-corrected chi connectivity index (χ0v) is 12.3. The highest BCUT2D eigenvalue weighted by atomic mass is 79.9. The summed E-state index contributed by atoms with van der Waals surface area (Å²) in [6.07, 6.45) is 3.38. The lowest BCUT2D eigenvalue weighted by molar-refractivity contribution is 1.05.